The summed E-state index contributed by atoms with van der Waals surface area (Å²) in [5, 5.41) is 2.51. The van der Waals surface area contributed by atoms with Crippen molar-refractivity contribution in [2.75, 3.05) is 7.05 Å². The van der Waals surface area contributed by atoms with E-state index in [0.29, 0.717) is 17.0 Å². The highest BCUT2D eigenvalue weighted by Gasteiger charge is 2.16. The number of amides is 1. The van der Waals surface area contributed by atoms with Gasteiger partial charge in [0.05, 0.1) is 12.1 Å². The van der Waals surface area contributed by atoms with Crippen molar-refractivity contribution >= 4 is 11.7 Å². The summed E-state index contributed by atoms with van der Waals surface area (Å²) in [6.07, 6.45) is 7.72. The second kappa shape index (κ2) is 8.13. The molecule has 3 rings (SSSR count). The Balaban J connectivity index is 1.73. The van der Waals surface area contributed by atoms with Gasteiger partial charge in [0.25, 0.3) is 11.5 Å². The molecule has 0 saturated heterocycles. The molecule has 0 atom stereocenters. The maximum Gasteiger partial charge on any atom is 0.252 e. The Bertz CT molecular complexity index is 846. The van der Waals surface area contributed by atoms with Gasteiger partial charge in [0.2, 0.25) is 0 Å². The van der Waals surface area contributed by atoms with Gasteiger partial charge in [-0.3, -0.25) is 14.4 Å². The molecule has 26 heavy (non-hydrogen) atoms. The van der Waals surface area contributed by atoms with Crippen molar-refractivity contribution in [2.24, 2.45) is 0 Å². The minimum atomic E-state index is -0.301. The van der Waals surface area contributed by atoms with Crippen LogP contribution in [0.3, 0.4) is 0 Å². The van der Waals surface area contributed by atoms with E-state index in [1.54, 1.807) is 0 Å². The van der Waals surface area contributed by atoms with Gasteiger partial charge in [0.1, 0.15) is 0 Å². The molecule has 0 radical (unpaired) electrons. The predicted octanol–water partition coefficient (Wildman–Crippen LogP) is 3.14. The zero-order chi connectivity index (χ0) is 18.5. The predicted molar refractivity (Wildman–Crippen MR) is 101 cm³/mol. The molecule has 0 spiro atoms. The van der Waals surface area contributed by atoms with Crippen LogP contribution in [-0.4, -0.2) is 23.3 Å². The van der Waals surface area contributed by atoms with Crippen molar-refractivity contribution in [3.63, 3.8) is 0 Å². The summed E-state index contributed by atoms with van der Waals surface area (Å²) in [5.41, 5.74) is 1.93. The molecular formula is C21H24N2O3. The monoisotopic (exact) mass is 352 g/mol. The van der Waals surface area contributed by atoms with E-state index in [2.05, 4.69) is 5.32 Å². The molecule has 1 heterocycles. The second-order valence-electron chi connectivity index (χ2n) is 6.84. The quantitative estimate of drug-likeness (QED) is 0.841. The number of carbonyl (C=O) groups is 2. The molecule has 0 bridgehead atoms. The van der Waals surface area contributed by atoms with Gasteiger partial charge in [0.15, 0.2) is 5.78 Å². The number of hydrogen-bond acceptors (Lipinski definition) is 3. The van der Waals surface area contributed by atoms with Crippen molar-refractivity contribution < 1.29 is 9.59 Å². The van der Waals surface area contributed by atoms with Crippen LogP contribution in [0.15, 0.2) is 47.4 Å². The van der Waals surface area contributed by atoms with Crippen molar-refractivity contribution in [1.82, 2.24) is 9.88 Å². The van der Waals surface area contributed by atoms with Crippen LogP contribution in [0.4, 0.5) is 0 Å². The van der Waals surface area contributed by atoms with E-state index < -0.39 is 0 Å². The van der Waals surface area contributed by atoms with Crippen molar-refractivity contribution in [3.8, 4) is 0 Å². The van der Waals surface area contributed by atoms with Crippen LogP contribution in [0.2, 0.25) is 0 Å². The van der Waals surface area contributed by atoms with E-state index >= 15 is 0 Å². The Morgan fingerprint density at radius 1 is 1.00 bits per heavy atom. The van der Waals surface area contributed by atoms with Crippen LogP contribution in [0.25, 0.3) is 0 Å². The van der Waals surface area contributed by atoms with Crippen LogP contribution in [0.5, 0.6) is 0 Å². The topological polar surface area (TPSA) is 68.2 Å². The molecule has 5 nitrogen and oxygen atoms in total. The Morgan fingerprint density at radius 2 is 1.65 bits per heavy atom. The Kier molecular flexibility index (Phi) is 5.66. The average Bonchev–Trinajstić information content (AvgIpc) is 2.69. The summed E-state index contributed by atoms with van der Waals surface area (Å²) < 4.78 is 1.28. The SMILES string of the molecule is CNC(=O)c1ccc(=O)n(CC(=O)c2ccc(C3CCCCC3)cc2)c1. The van der Waals surface area contributed by atoms with Crippen molar-refractivity contribution in [2.45, 2.75) is 44.6 Å². The minimum Gasteiger partial charge on any atom is -0.355 e. The average molecular weight is 352 g/mol. The Hall–Kier alpha value is -2.69. The van der Waals surface area contributed by atoms with Gasteiger partial charge in [-0.1, -0.05) is 43.5 Å². The van der Waals surface area contributed by atoms with Gasteiger partial charge < -0.3 is 9.88 Å². The largest absolute Gasteiger partial charge is 0.355 e. The first-order valence-electron chi connectivity index (χ1n) is 9.14. The third kappa shape index (κ3) is 4.10. The molecule has 136 valence electrons. The fraction of sp³-hybridized carbons (Fsp3) is 0.381. The maximum absolute atomic E-state index is 12.5. The number of carbonyl (C=O) groups excluding carboxylic acids is 2. The van der Waals surface area contributed by atoms with Crippen molar-refractivity contribution in [1.29, 1.82) is 0 Å². The molecule has 1 aromatic heterocycles. The highest BCUT2D eigenvalue weighted by molar-refractivity contribution is 5.96. The van der Waals surface area contributed by atoms with Gasteiger partial charge in [-0.2, -0.15) is 0 Å². The van der Waals surface area contributed by atoms with Crippen molar-refractivity contribution in [3.05, 3.63) is 69.6 Å². The van der Waals surface area contributed by atoms with Gasteiger partial charge >= 0.3 is 0 Å². The van der Waals surface area contributed by atoms with Crippen LogP contribution in [0.1, 0.15) is 64.3 Å². The zero-order valence-electron chi connectivity index (χ0n) is 15.0. The number of nitrogens with zero attached hydrogens (tertiary/aromatic N) is 1. The molecule has 1 saturated carbocycles. The number of ketones is 1. The lowest BCUT2D eigenvalue weighted by atomic mass is 9.84. The van der Waals surface area contributed by atoms with E-state index in [9.17, 15) is 14.4 Å². The van der Waals surface area contributed by atoms with Crippen LogP contribution in [0, 0.1) is 0 Å². The van der Waals surface area contributed by atoms with E-state index in [4.69, 9.17) is 0 Å². The van der Waals surface area contributed by atoms with E-state index in [-0.39, 0.29) is 23.8 Å². The Morgan fingerprint density at radius 3 is 2.31 bits per heavy atom. The molecule has 0 aliphatic heterocycles. The lowest BCUT2D eigenvalue weighted by Crippen LogP contribution is -2.26. The van der Waals surface area contributed by atoms with Crippen LogP contribution >= 0.6 is 0 Å². The van der Waals surface area contributed by atoms with Gasteiger partial charge in [-0.05, 0) is 30.4 Å². The fourth-order valence-corrected chi connectivity index (χ4v) is 3.56. The standard InChI is InChI=1S/C21H24N2O3/c1-22-21(26)18-11-12-20(25)23(13-18)14-19(24)17-9-7-16(8-10-17)15-5-3-2-4-6-15/h7-13,15H,2-6,14H2,1H3,(H,22,26). The lowest BCUT2D eigenvalue weighted by molar-refractivity contribution is 0.0950. The first kappa shape index (κ1) is 18.1. The minimum absolute atomic E-state index is 0.0769. The van der Waals surface area contributed by atoms with Crippen LogP contribution < -0.4 is 10.9 Å². The molecule has 1 aromatic carbocycles. The number of nitrogens with one attached hydrogen (secondary N) is 1. The molecule has 1 amide bonds. The number of rotatable bonds is 5. The van der Waals surface area contributed by atoms with E-state index in [1.807, 2.05) is 24.3 Å². The second-order valence-corrected chi connectivity index (χ2v) is 6.84. The molecule has 1 aliphatic rings. The highest BCUT2D eigenvalue weighted by Crippen LogP contribution is 2.32. The number of hydrogen-bond donors (Lipinski definition) is 1. The summed E-state index contributed by atoms with van der Waals surface area (Å²) in [4.78, 5) is 36.2. The lowest BCUT2D eigenvalue weighted by Gasteiger charge is -2.22. The highest BCUT2D eigenvalue weighted by atomic mass is 16.2. The Labute approximate surface area is 153 Å². The third-order valence-corrected chi connectivity index (χ3v) is 5.10. The summed E-state index contributed by atoms with van der Waals surface area (Å²) in [6, 6.07) is 10.5. The van der Waals surface area contributed by atoms with E-state index in [0.717, 1.165) is 0 Å². The molecule has 5 heteroatoms. The molecule has 1 aliphatic carbocycles. The maximum atomic E-state index is 12.5. The number of aromatic nitrogens is 1. The fourth-order valence-electron chi connectivity index (χ4n) is 3.56. The molecule has 0 unspecified atom stereocenters. The third-order valence-electron chi connectivity index (χ3n) is 5.10. The number of benzene rings is 1. The van der Waals surface area contributed by atoms with Gasteiger partial charge in [-0.15, -0.1) is 0 Å². The molecular weight excluding hydrogens is 328 g/mol. The first-order chi connectivity index (χ1) is 12.6. The zero-order valence-corrected chi connectivity index (χ0v) is 15.0. The summed E-state index contributed by atoms with van der Waals surface area (Å²) in [6.45, 7) is -0.0769. The summed E-state index contributed by atoms with van der Waals surface area (Å²) in [7, 11) is 1.52. The normalized spacial score (nSPS) is 14.8. The molecule has 1 fully saturated rings. The number of pyridine rings is 1. The van der Waals surface area contributed by atoms with Crippen LogP contribution in [-0.2, 0) is 6.54 Å². The molecule has 1 N–H and O–H groups in total. The number of Topliss-reactive ketones (excluding diaryl/α,β-unsaturated/α-hetero) is 1. The first-order valence-corrected chi connectivity index (χ1v) is 9.14. The van der Waals surface area contributed by atoms with E-state index in [1.165, 1.54) is 67.6 Å². The van der Waals surface area contributed by atoms with Gasteiger partial charge in [-0.25, -0.2) is 0 Å². The smallest absolute Gasteiger partial charge is 0.252 e. The van der Waals surface area contributed by atoms with Gasteiger partial charge in [0, 0.05) is 24.9 Å². The summed E-state index contributed by atoms with van der Waals surface area (Å²) in [5.74, 6) is 0.166. The summed E-state index contributed by atoms with van der Waals surface area (Å²) >= 11 is 0. The molecule has 2 aromatic rings.